The van der Waals surface area contributed by atoms with Gasteiger partial charge >= 0.3 is 0 Å². The second-order valence-electron chi connectivity index (χ2n) is 6.97. The predicted octanol–water partition coefficient (Wildman–Crippen LogP) is 1.62. The lowest BCUT2D eigenvalue weighted by molar-refractivity contribution is -0.119. The number of rotatable bonds is 8. The number of carbonyl (C=O) groups excluding carboxylic acids is 1. The molecule has 11 heteroatoms. The molecular weight excluding hydrogens is 430 g/mol. The Morgan fingerprint density at radius 1 is 1.16 bits per heavy atom. The Labute approximate surface area is 187 Å². The van der Waals surface area contributed by atoms with Crippen LogP contribution in [0.3, 0.4) is 0 Å². The van der Waals surface area contributed by atoms with Gasteiger partial charge in [0.05, 0.1) is 11.4 Å². The van der Waals surface area contributed by atoms with Crippen molar-refractivity contribution < 1.29 is 9.53 Å². The molecule has 164 valence electrons. The smallest absolute Gasteiger partial charge is 0.297 e. The van der Waals surface area contributed by atoms with E-state index < -0.39 is 5.91 Å². The summed E-state index contributed by atoms with van der Waals surface area (Å²) in [6.07, 6.45) is 0. The molecule has 32 heavy (non-hydrogen) atoms. The first-order valence-corrected chi connectivity index (χ1v) is 10.7. The van der Waals surface area contributed by atoms with Crippen molar-refractivity contribution >= 4 is 17.7 Å². The second-order valence-corrected chi connectivity index (χ2v) is 7.92. The zero-order valence-corrected chi connectivity index (χ0v) is 18.3. The number of nitrogens with two attached hydrogens (primary N) is 1. The largest absolute Gasteiger partial charge is 0.484 e. The number of hydrogen-bond acceptors (Lipinski definition) is 7. The highest BCUT2D eigenvalue weighted by Crippen LogP contribution is 2.25. The Hall–Kier alpha value is -3.86. The van der Waals surface area contributed by atoms with E-state index in [1.54, 1.807) is 15.4 Å². The molecule has 0 aliphatic heterocycles. The number of amides is 1. The van der Waals surface area contributed by atoms with Gasteiger partial charge in [-0.3, -0.25) is 14.3 Å². The fraction of sp³-hybridized carbons (Fsp3) is 0.190. The molecule has 0 bridgehead atoms. The Kier molecular flexibility index (Phi) is 6.08. The van der Waals surface area contributed by atoms with Crippen molar-refractivity contribution in [2.24, 2.45) is 12.8 Å². The summed E-state index contributed by atoms with van der Waals surface area (Å²) in [4.78, 5) is 24.2. The topological polar surface area (TPSA) is 123 Å². The summed E-state index contributed by atoms with van der Waals surface area (Å²) in [5.41, 5.74) is 7.73. The van der Waals surface area contributed by atoms with Crippen LogP contribution in [0.4, 0.5) is 0 Å². The molecule has 0 radical (unpaired) electrons. The number of benzene rings is 2. The van der Waals surface area contributed by atoms with Crippen molar-refractivity contribution in [1.82, 2.24) is 29.6 Å². The number of thioether (sulfide) groups is 1. The third-order valence-electron chi connectivity index (χ3n) is 4.82. The molecule has 2 aromatic heterocycles. The highest BCUT2D eigenvalue weighted by Gasteiger charge is 2.22. The Balaban J connectivity index is 1.60. The van der Waals surface area contributed by atoms with E-state index in [2.05, 4.69) is 15.5 Å². The van der Waals surface area contributed by atoms with E-state index in [9.17, 15) is 9.59 Å². The molecule has 4 aromatic rings. The average Bonchev–Trinajstić information content (AvgIpc) is 3.33. The molecular formula is C21H21N7O3S. The van der Waals surface area contributed by atoms with Crippen LogP contribution in [-0.4, -0.2) is 42.1 Å². The van der Waals surface area contributed by atoms with Crippen LogP contribution in [0, 0.1) is 6.92 Å². The monoisotopic (exact) mass is 451 g/mol. The van der Waals surface area contributed by atoms with E-state index in [4.69, 9.17) is 10.5 Å². The maximum Gasteiger partial charge on any atom is 0.297 e. The van der Waals surface area contributed by atoms with Gasteiger partial charge in [0.25, 0.3) is 11.5 Å². The average molecular weight is 452 g/mol. The molecule has 2 N–H and O–H groups in total. The second kappa shape index (κ2) is 9.10. The van der Waals surface area contributed by atoms with Crippen LogP contribution in [-0.2, 0) is 17.6 Å². The number of hydrogen-bond donors (Lipinski definition) is 1. The number of carbonyl (C=O) groups is 1. The van der Waals surface area contributed by atoms with E-state index in [0.29, 0.717) is 22.3 Å². The van der Waals surface area contributed by atoms with Gasteiger partial charge in [-0.1, -0.05) is 42.1 Å². The minimum Gasteiger partial charge on any atom is -0.484 e. The van der Waals surface area contributed by atoms with Crippen molar-refractivity contribution in [2.75, 3.05) is 6.61 Å². The number of primary amides is 1. The molecule has 0 saturated heterocycles. The summed E-state index contributed by atoms with van der Waals surface area (Å²) in [5, 5.41) is 12.4. The van der Waals surface area contributed by atoms with Crippen LogP contribution in [0.25, 0.3) is 11.4 Å². The van der Waals surface area contributed by atoms with Crippen LogP contribution < -0.4 is 16.0 Å². The molecule has 10 nitrogen and oxygen atoms in total. The molecule has 0 unspecified atom stereocenters. The zero-order chi connectivity index (χ0) is 22.7. The van der Waals surface area contributed by atoms with E-state index >= 15 is 0 Å². The van der Waals surface area contributed by atoms with E-state index in [1.807, 2.05) is 62.5 Å². The third-order valence-corrected chi connectivity index (χ3v) is 5.81. The van der Waals surface area contributed by atoms with E-state index in [1.165, 1.54) is 16.4 Å². The molecule has 0 saturated carbocycles. The maximum atomic E-state index is 13.3. The molecule has 0 spiro atoms. The van der Waals surface area contributed by atoms with Crippen molar-refractivity contribution in [3.05, 3.63) is 76.2 Å². The molecule has 0 aliphatic carbocycles. The fourth-order valence-electron chi connectivity index (χ4n) is 3.23. The van der Waals surface area contributed by atoms with Crippen molar-refractivity contribution in [2.45, 2.75) is 17.8 Å². The maximum absolute atomic E-state index is 13.3. The summed E-state index contributed by atoms with van der Waals surface area (Å²) >= 11 is 1.39. The number of tetrazole rings is 1. The van der Waals surface area contributed by atoms with Gasteiger partial charge in [0.15, 0.2) is 12.3 Å². The summed E-state index contributed by atoms with van der Waals surface area (Å²) in [6.45, 7) is 1.67. The standard InChI is InChI=1S/C21H21N7O3S/c1-14-19(20(30)28(26(14)2)16-8-4-3-5-9-16)27-21(23-24-25-27)32-13-15-7-6-10-17(11-15)31-12-18(22)29/h3-11H,12-13H2,1-2H3,(H2,22,29). The van der Waals surface area contributed by atoms with Gasteiger partial charge in [-0.15, -0.1) is 5.10 Å². The summed E-state index contributed by atoms with van der Waals surface area (Å²) in [5.74, 6) is 0.543. The molecule has 0 atom stereocenters. The van der Waals surface area contributed by atoms with Crippen LogP contribution in [0.5, 0.6) is 5.75 Å². The Morgan fingerprint density at radius 2 is 1.94 bits per heavy atom. The van der Waals surface area contributed by atoms with Crippen LogP contribution in [0.15, 0.2) is 64.5 Å². The zero-order valence-electron chi connectivity index (χ0n) is 17.5. The molecule has 4 rings (SSSR count). The minimum atomic E-state index is -0.539. The third kappa shape index (κ3) is 4.28. The SMILES string of the molecule is Cc1c(-n2nnnc2SCc2cccc(OCC(N)=O)c2)c(=O)n(-c2ccccc2)n1C. The minimum absolute atomic E-state index is 0.185. The first-order valence-electron chi connectivity index (χ1n) is 9.71. The van der Waals surface area contributed by atoms with Gasteiger partial charge in [0, 0.05) is 12.8 Å². The van der Waals surface area contributed by atoms with Gasteiger partial charge in [0.2, 0.25) is 5.16 Å². The summed E-state index contributed by atoms with van der Waals surface area (Å²) in [7, 11) is 1.82. The number of ether oxygens (including phenoxy) is 1. The normalized spacial score (nSPS) is 10.9. The lowest BCUT2D eigenvalue weighted by Crippen LogP contribution is -2.22. The summed E-state index contributed by atoms with van der Waals surface area (Å²) in [6, 6.07) is 16.7. The molecule has 2 heterocycles. The molecule has 0 fully saturated rings. The first-order chi connectivity index (χ1) is 15.5. The summed E-state index contributed by atoms with van der Waals surface area (Å²) < 4.78 is 10.2. The lowest BCUT2D eigenvalue weighted by Gasteiger charge is -2.07. The fourth-order valence-corrected chi connectivity index (χ4v) is 4.05. The molecule has 1 amide bonds. The van der Waals surface area contributed by atoms with E-state index in [0.717, 1.165) is 16.9 Å². The quantitative estimate of drug-likeness (QED) is 0.404. The van der Waals surface area contributed by atoms with E-state index in [-0.39, 0.29) is 12.2 Å². The molecule has 2 aromatic carbocycles. The van der Waals surface area contributed by atoms with Crippen LogP contribution in [0.1, 0.15) is 11.3 Å². The molecule has 0 aliphatic rings. The van der Waals surface area contributed by atoms with Gasteiger partial charge < -0.3 is 10.5 Å². The Bertz CT molecular complexity index is 1310. The van der Waals surface area contributed by atoms with Crippen LogP contribution >= 0.6 is 11.8 Å². The first kappa shape index (κ1) is 21.4. The lowest BCUT2D eigenvalue weighted by atomic mass is 10.2. The number of aromatic nitrogens is 6. The van der Waals surface area contributed by atoms with Crippen molar-refractivity contribution in [3.8, 4) is 17.1 Å². The Morgan fingerprint density at radius 3 is 2.69 bits per heavy atom. The van der Waals surface area contributed by atoms with Crippen molar-refractivity contribution in [3.63, 3.8) is 0 Å². The van der Waals surface area contributed by atoms with Crippen LogP contribution in [0.2, 0.25) is 0 Å². The van der Waals surface area contributed by atoms with Gasteiger partial charge in [-0.05, 0) is 47.2 Å². The predicted molar refractivity (Wildman–Crippen MR) is 119 cm³/mol. The number of para-hydroxylation sites is 1. The highest BCUT2D eigenvalue weighted by atomic mass is 32.2. The van der Waals surface area contributed by atoms with Gasteiger partial charge in [0.1, 0.15) is 5.75 Å². The highest BCUT2D eigenvalue weighted by molar-refractivity contribution is 7.98. The van der Waals surface area contributed by atoms with Gasteiger partial charge in [-0.2, -0.15) is 4.68 Å². The number of nitrogens with zero attached hydrogens (tertiary/aromatic N) is 6. The van der Waals surface area contributed by atoms with Crippen molar-refractivity contribution in [1.29, 1.82) is 0 Å². The van der Waals surface area contributed by atoms with Gasteiger partial charge in [-0.25, -0.2) is 4.68 Å².